The molecule has 0 aromatic heterocycles. The van der Waals surface area contributed by atoms with Crippen LogP contribution >= 0.6 is 11.8 Å². The summed E-state index contributed by atoms with van der Waals surface area (Å²) in [5, 5.41) is 8.80. The fourth-order valence-electron chi connectivity index (χ4n) is 2.57. The monoisotopic (exact) mass is 307 g/mol. The molecule has 0 bridgehead atoms. The summed E-state index contributed by atoms with van der Waals surface area (Å²) in [5.41, 5.74) is 2.38. The molecule has 21 heavy (non-hydrogen) atoms. The summed E-state index contributed by atoms with van der Waals surface area (Å²) in [6.07, 6.45) is 0.958. The van der Waals surface area contributed by atoms with Gasteiger partial charge in [-0.15, -0.1) is 11.8 Å². The van der Waals surface area contributed by atoms with Crippen LogP contribution in [0.5, 0.6) is 0 Å². The minimum atomic E-state index is -0.779. The molecule has 1 aromatic rings. The van der Waals surface area contributed by atoms with E-state index in [1.807, 2.05) is 13.8 Å². The zero-order valence-electron chi connectivity index (χ0n) is 12.5. The van der Waals surface area contributed by atoms with Gasteiger partial charge in [-0.1, -0.05) is 17.7 Å². The maximum absolute atomic E-state index is 12.2. The van der Waals surface area contributed by atoms with E-state index in [9.17, 15) is 9.59 Å². The van der Waals surface area contributed by atoms with Crippen molar-refractivity contribution in [3.05, 3.63) is 29.3 Å². The number of carbonyl (C=O) groups is 2. The van der Waals surface area contributed by atoms with Gasteiger partial charge in [-0.05, 0) is 37.8 Å². The van der Waals surface area contributed by atoms with E-state index in [-0.39, 0.29) is 18.2 Å². The van der Waals surface area contributed by atoms with Crippen LogP contribution in [-0.2, 0) is 9.59 Å². The molecule has 1 heterocycles. The average molecular weight is 307 g/mol. The Balaban J connectivity index is 1.85. The molecule has 5 heteroatoms. The van der Waals surface area contributed by atoms with Crippen LogP contribution in [0.25, 0.3) is 0 Å². The van der Waals surface area contributed by atoms with Crippen LogP contribution in [0.2, 0.25) is 0 Å². The van der Waals surface area contributed by atoms with Crippen LogP contribution in [0.3, 0.4) is 0 Å². The predicted molar refractivity (Wildman–Crippen MR) is 83.6 cm³/mol. The summed E-state index contributed by atoms with van der Waals surface area (Å²) in [5.74, 6) is -0.144. The van der Waals surface area contributed by atoms with E-state index in [4.69, 9.17) is 5.11 Å². The van der Waals surface area contributed by atoms with Gasteiger partial charge in [0.25, 0.3) is 0 Å². The SMILES string of the molecule is Cc1ccc(C)c(SCC(=O)N2CCC(CC(=O)O)C2)c1. The quantitative estimate of drug-likeness (QED) is 0.850. The number of rotatable bonds is 5. The van der Waals surface area contributed by atoms with E-state index in [1.54, 1.807) is 16.7 Å². The molecule has 1 aliphatic heterocycles. The Hall–Kier alpha value is -1.49. The van der Waals surface area contributed by atoms with E-state index in [1.165, 1.54) is 11.1 Å². The topological polar surface area (TPSA) is 57.6 Å². The normalized spacial score (nSPS) is 18.0. The van der Waals surface area contributed by atoms with Crippen molar-refractivity contribution < 1.29 is 14.7 Å². The third kappa shape index (κ3) is 4.49. The predicted octanol–water partition coefficient (Wildman–Crippen LogP) is 2.72. The maximum Gasteiger partial charge on any atom is 0.303 e. The van der Waals surface area contributed by atoms with Gasteiger partial charge in [0, 0.05) is 24.4 Å². The van der Waals surface area contributed by atoms with E-state index in [0.29, 0.717) is 18.8 Å². The molecule has 1 aromatic carbocycles. The summed E-state index contributed by atoms with van der Waals surface area (Å²) < 4.78 is 0. The summed E-state index contributed by atoms with van der Waals surface area (Å²) in [6.45, 7) is 5.36. The minimum absolute atomic E-state index is 0.105. The fraction of sp³-hybridized carbons (Fsp3) is 0.500. The summed E-state index contributed by atoms with van der Waals surface area (Å²) in [7, 11) is 0. The molecule has 2 rings (SSSR count). The zero-order valence-corrected chi connectivity index (χ0v) is 13.3. The van der Waals surface area contributed by atoms with Gasteiger partial charge in [0.2, 0.25) is 5.91 Å². The second-order valence-corrected chi connectivity index (χ2v) is 6.67. The first-order chi connectivity index (χ1) is 9.95. The lowest BCUT2D eigenvalue weighted by Crippen LogP contribution is -2.30. The third-order valence-corrected chi connectivity index (χ3v) is 4.94. The lowest BCUT2D eigenvalue weighted by Gasteiger charge is -2.16. The van der Waals surface area contributed by atoms with Gasteiger partial charge in [0.1, 0.15) is 0 Å². The number of hydrogen-bond acceptors (Lipinski definition) is 3. The molecule has 1 atom stereocenters. The molecule has 1 unspecified atom stereocenters. The number of benzene rings is 1. The molecule has 0 spiro atoms. The number of aliphatic carboxylic acids is 1. The van der Waals surface area contributed by atoms with Gasteiger partial charge < -0.3 is 10.0 Å². The maximum atomic E-state index is 12.2. The number of carbonyl (C=O) groups excluding carboxylic acids is 1. The number of carboxylic acids is 1. The number of likely N-dealkylation sites (tertiary alicyclic amines) is 1. The van der Waals surface area contributed by atoms with Crippen LogP contribution in [0.15, 0.2) is 23.1 Å². The summed E-state index contributed by atoms with van der Waals surface area (Å²) >= 11 is 1.56. The fourth-order valence-corrected chi connectivity index (χ4v) is 3.59. The van der Waals surface area contributed by atoms with Crippen LogP contribution in [0.1, 0.15) is 24.0 Å². The molecule has 1 fully saturated rings. The van der Waals surface area contributed by atoms with Crippen LogP contribution in [-0.4, -0.2) is 40.7 Å². The number of amides is 1. The van der Waals surface area contributed by atoms with Gasteiger partial charge in [0.15, 0.2) is 0 Å². The molecule has 1 N–H and O–H groups in total. The molecule has 1 aliphatic rings. The Morgan fingerprint density at radius 1 is 1.38 bits per heavy atom. The van der Waals surface area contributed by atoms with Crippen LogP contribution < -0.4 is 0 Å². The number of nitrogens with zero attached hydrogens (tertiary/aromatic N) is 1. The van der Waals surface area contributed by atoms with Crippen molar-refractivity contribution in [3.8, 4) is 0 Å². The number of hydrogen-bond donors (Lipinski definition) is 1. The number of thioether (sulfide) groups is 1. The highest BCUT2D eigenvalue weighted by Crippen LogP contribution is 2.25. The van der Waals surface area contributed by atoms with Gasteiger partial charge in [0.05, 0.1) is 5.75 Å². The molecule has 4 nitrogen and oxygen atoms in total. The van der Waals surface area contributed by atoms with E-state index >= 15 is 0 Å². The van der Waals surface area contributed by atoms with Crippen molar-refractivity contribution in [2.45, 2.75) is 31.6 Å². The van der Waals surface area contributed by atoms with E-state index in [0.717, 1.165) is 11.3 Å². The van der Waals surface area contributed by atoms with Crippen LogP contribution in [0.4, 0.5) is 0 Å². The highest BCUT2D eigenvalue weighted by atomic mass is 32.2. The van der Waals surface area contributed by atoms with Crippen molar-refractivity contribution in [3.63, 3.8) is 0 Å². The van der Waals surface area contributed by atoms with Crippen molar-refractivity contribution >= 4 is 23.6 Å². The molecule has 114 valence electrons. The Kier molecular flexibility index (Phi) is 5.28. The van der Waals surface area contributed by atoms with Gasteiger partial charge in [-0.25, -0.2) is 0 Å². The van der Waals surface area contributed by atoms with Gasteiger partial charge in [-0.2, -0.15) is 0 Å². The Morgan fingerprint density at radius 3 is 2.86 bits per heavy atom. The molecule has 1 saturated heterocycles. The Labute approximate surface area is 129 Å². The van der Waals surface area contributed by atoms with Gasteiger partial charge >= 0.3 is 5.97 Å². The van der Waals surface area contributed by atoms with E-state index < -0.39 is 5.97 Å². The average Bonchev–Trinajstić information content (AvgIpc) is 2.87. The molecule has 0 radical (unpaired) electrons. The van der Waals surface area contributed by atoms with Crippen molar-refractivity contribution in [1.29, 1.82) is 0 Å². The largest absolute Gasteiger partial charge is 0.481 e. The lowest BCUT2D eigenvalue weighted by molar-refractivity contribution is -0.138. The van der Waals surface area contributed by atoms with Crippen LogP contribution in [0, 0.1) is 19.8 Å². The second kappa shape index (κ2) is 6.98. The van der Waals surface area contributed by atoms with Crippen molar-refractivity contribution in [2.75, 3.05) is 18.8 Å². The molecule has 0 aliphatic carbocycles. The first-order valence-electron chi connectivity index (χ1n) is 7.15. The van der Waals surface area contributed by atoms with Crippen molar-refractivity contribution in [2.24, 2.45) is 5.92 Å². The minimum Gasteiger partial charge on any atom is -0.481 e. The second-order valence-electron chi connectivity index (χ2n) is 5.65. The first kappa shape index (κ1) is 15.9. The van der Waals surface area contributed by atoms with Gasteiger partial charge in [-0.3, -0.25) is 9.59 Å². The third-order valence-electron chi connectivity index (χ3n) is 3.80. The molecular weight excluding hydrogens is 286 g/mol. The smallest absolute Gasteiger partial charge is 0.303 e. The summed E-state index contributed by atoms with van der Waals surface area (Å²) in [4.78, 5) is 25.8. The molecule has 1 amide bonds. The lowest BCUT2D eigenvalue weighted by atomic mass is 10.1. The Morgan fingerprint density at radius 2 is 2.14 bits per heavy atom. The number of carboxylic acid groups (broad SMARTS) is 1. The standard InChI is InChI=1S/C16H21NO3S/c1-11-3-4-12(2)14(7-11)21-10-15(18)17-6-5-13(9-17)8-16(19)20/h3-4,7,13H,5-6,8-10H2,1-2H3,(H,19,20). The highest BCUT2D eigenvalue weighted by Gasteiger charge is 2.27. The number of aryl methyl sites for hydroxylation is 2. The molecule has 0 saturated carbocycles. The zero-order chi connectivity index (χ0) is 15.4. The van der Waals surface area contributed by atoms with E-state index in [2.05, 4.69) is 18.2 Å². The summed E-state index contributed by atoms with van der Waals surface area (Å²) in [6, 6.07) is 6.24. The van der Waals surface area contributed by atoms with Crippen molar-refractivity contribution in [1.82, 2.24) is 4.90 Å². The Bertz CT molecular complexity index is 544. The first-order valence-corrected chi connectivity index (χ1v) is 8.14. The highest BCUT2D eigenvalue weighted by molar-refractivity contribution is 8.00. The molecular formula is C16H21NO3S.